The zero-order valence-corrected chi connectivity index (χ0v) is 12.6. The van der Waals surface area contributed by atoms with Crippen molar-refractivity contribution in [3.8, 4) is 0 Å². The fraction of sp³-hybridized carbons (Fsp3) is 0.571. The zero-order valence-electron chi connectivity index (χ0n) is 11.8. The van der Waals surface area contributed by atoms with Crippen LogP contribution in [0.3, 0.4) is 0 Å². The van der Waals surface area contributed by atoms with Crippen molar-refractivity contribution in [2.45, 2.75) is 39.8 Å². The van der Waals surface area contributed by atoms with Crippen molar-refractivity contribution in [2.75, 3.05) is 12.0 Å². The van der Waals surface area contributed by atoms with E-state index in [9.17, 15) is 8.42 Å². The molecule has 0 saturated heterocycles. The summed E-state index contributed by atoms with van der Waals surface area (Å²) in [7, 11) is -2.93. The van der Waals surface area contributed by atoms with E-state index in [0.717, 1.165) is 0 Å². The van der Waals surface area contributed by atoms with Crippen LogP contribution in [0.25, 0.3) is 0 Å². The van der Waals surface area contributed by atoms with E-state index in [-0.39, 0.29) is 17.8 Å². The summed E-state index contributed by atoms with van der Waals surface area (Å²) < 4.78 is 22.5. The van der Waals surface area contributed by atoms with E-state index < -0.39 is 9.84 Å². The van der Waals surface area contributed by atoms with Crippen LogP contribution in [-0.4, -0.2) is 26.5 Å². The number of nitrogens with one attached hydrogen (secondary N) is 1. The SMILES string of the molecule is Cc1ccc(C(C)NC(C)CS(C)(=O)=O)c(C)c1. The van der Waals surface area contributed by atoms with Gasteiger partial charge < -0.3 is 5.32 Å². The second-order valence-corrected chi connectivity index (χ2v) is 7.43. The lowest BCUT2D eigenvalue weighted by Crippen LogP contribution is -2.34. The lowest BCUT2D eigenvalue weighted by molar-refractivity contribution is 0.499. The second kappa shape index (κ2) is 5.85. The van der Waals surface area contributed by atoms with Crippen LogP contribution >= 0.6 is 0 Å². The summed E-state index contributed by atoms with van der Waals surface area (Å²) in [6, 6.07) is 6.45. The molecule has 2 atom stereocenters. The van der Waals surface area contributed by atoms with Gasteiger partial charge in [0.25, 0.3) is 0 Å². The molecule has 0 aliphatic rings. The summed E-state index contributed by atoms with van der Waals surface area (Å²) >= 11 is 0. The van der Waals surface area contributed by atoms with E-state index in [2.05, 4.69) is 44.3 Å². The summed E-state index contributed by atoms with van der Waals surface area (Å²) in [5.74, 6) is 0.169. The normalized spacial score (nSPS) is 15.4. The molecule has 0 spiro atoms. The predicted molar refractivity (Wildman–Crippen MR) is 76.6 cm³/mol. The highest BCUT2D eigenvalue weighted by molar-refractivity contribution is 7.90. The van der Waals surface area contributed by atoms with Crippen LogP contribution in [-0.2, 0) is 9.84 Å². The maximum Gasteiger partial charge on any atom is 0.148 e. The first-order valence-electron chi connectivity index (χ1n) is 6.20. The highest BCUT2D eigenvalue weighted by Crippen LogP contribution is 2.19. The first-order chi connectivity index (χ1) is 8.19. The lowest BCUT2D eigenvalue weighted by Gasteiger charge is -2.21. The Kier molecular flexibility index (Phi) is 4.93. The van der Waals surface area contributed by atoms with Gasteiger partial charge in [-0.05, 0) is 38.8 Å². The first kappa shape index (κ1) is 15.2. The molecule has 102 valence electrons. The van der Waals surface area contributed by atoms with Crippen LogP contribution in [0.2, 0.25) is 0 Å². The number of aryl methyl sites for hydroxylation is 2. The molecule has 0 fully saturated rings. The third kappa shape index (κ3) is 4.78. The molecule has 0 heterocycles. The van der Waals surface area contributed by atoms with E-state index >= 15 is 0 Å². The number of benzene rings is 1. The largest absolute Gasteiger partial charge is 0.307 e. The van der Waals surface area contributed by atoms with E-state index in [1.54, 1.807) is 0 Å². The van der Waals surface area contributed by atoms with Crippen LogP contribution in [0, 0.1) is 13.8 Å². The van der Waals surface area contributed by atoms with Gasteiger partial charge >= 0.3 is 0 Å². The number of rotatable bonds is 5. The Balaban J connectivity index is 2.73. The Bertz CT molecular complexity index is 509. The van der Waals surface area contributed by atoms with Crippen molar-refractivity contribution < 1.29 is 8.42 Å². The Morgan fingerprint density at radius 1 is 1.22 bits per heavy atom. The lowest BCUT2D eigenvalue weighted by atomic mass is 10.00. The Hall–Kier alpha value is -0.870. The van der Waals surface area contributed by atoms with E-state index in [1.807, 2.05) is 6.92 Å². The van der Waals surface area contributed by atoms with E-state index in [4.69, 9.17) is 0 Å². The summed E-state index contributed by atoms with van der Waals surface area (Å²) in [6.45, 7) is 8.13. The van der Waals surface area contributed by atoms with Gasteiger partial charge in [-0.15, -0.1) is 0 Å². The summed E-state index contributed by atoms with van der Waals surface area (Å²) in [5.41, 5.74) is 3.70. The van der Waals surface area contributed by atoms with E-state index in [1.165, 1.54) is 22.9 Å². The summed E-state index contributed by atoms with van der Waals surface area (Å²) in [6.07, 6.45) is 1.27. The molecule has 2 unspecified atom stereocenters. The fourth-order valence-electron chi connectivity index (χ4n) is 2.33. The number of sulfone groups is 1. The molecule has 0 saturated carbocycles. The van der Waals surface area contributed by atoms with Crippen molar-refractivity contribution in [3.63, 3.8) is 0 Å². The fourth-order valence-corrected chi connectivity index (χ4v) is 3.33. The van der Waals surface area contributed by atoms with Gasteiger partial charge in [-0.3, -0.25) is 0 Å². The molecule has 3 nitrogen and oxygen atoms in total. The second-order valence-electron chi connectivity index (χ2n) is 5.24. The smallest absolute Gasteiger partial charge is 0.148 e. The highest BCUT2D eigenvalue weighted by Gasteiger charge is 2.15. The quantitative estimate of drug-likeness (QED) is 0.892. The predicted octanol–water partition coefficient (Wildman–Crippen LogP) is 2.39. The molecule has 1 rings (SSSR count). The Morgan fingerprint density at radius 2 is 1.83 bits per heavy atom. The van der Waals surface area contributed by atoms with Crippen LogP contribution in [0.15, 0.2) is 18.2 Å². The average molecular weight is 269 g/mol. The van der Waals surface area contributed by atoms with Crippen molar-refractivity contribution in [1.29, 1.82) is 0 Å². The third-order valence-electron chi connectivity index (χ3n) is 2.98. The highest BCUT2D eigenvalue weighted by atomic mass is 32.2. The molecular weight excluding hydrogens is 246 g/mol. The maximum absolute atomic E-state index is 11.2. The van der Waals surface area contributed by atoms with Gasteiger partial charge in [0.1, 0.15) is 9.84 Å². The van der Waals surface area contributed by atoms with Crippen molar-refractivity contribution >= 4 is 9.84 Å². The molecule has 0 amide bonds. The Morgan fingerprint density at radius 3 is 2.33 bits per heavy atom. The van der Waals surface area contributed by atoms with Gasteiger partial charge in [-0.25, -0.2) is 8.42 Å². The molecule has 0 aliphatic heterocycles. The van der Waals surface area contributed by atoms with Gasteiger partial charge in [-0.1, -0.05) is 23.8 Å². The summed E-state index contributed by atoms with van der Waals surface area (Å²) in [5, 5.41) is 3.33. The van der Waals surface area contributed by atoms with Gasteiger partial charge in [0.15, 0.2) is 0 Å². The van der Waals surface area contributed by atoms with Gasteiger partial charge in [0, 0.05) is 18.3 Å². The molecule has 1 N–H and O–H groups in total. The topological polar surface area (TPSA) is 46.2 Å². The minimum atomic E-state index is -2.93. The van der Waals surface area contributed by atoms with Crippen LogP contribution in [0.5, 0.6) is 0 Å². The minimum Gasteiger partial charge on any atom is -0.307 e. The standard InChI is InChI=1S/C14H23NO2S/c1-10-6-7-14(11(2)8-10)13(4)15-12(3)9-18(5,16)17/h6-8,12-13,15H,9H2,1-5H3. The zero-order chi connectivity index (χ0) is 13.9. The van der Waals surface area contributed by atoms with Gasteiger partial charge in [-0.2, -0.15) is 0 Å². The van der Waals surface area contributed by atoms with Gasteiger partial charge in [0.05, 0.1) is 5.75 Å². The maximum atomic E-state index is 11.2. The van der Waals surface area contributed by atoms with Crippen molar-refractivity contribution in [2.24, 2.45) is 0 Å². The number of hydrogen-bond acceptors (Lipinski definition) is 3. The van der Waals surface area contributed by atoms with Crippen molar-refractivity contribution in [1.82, 2.24) is 5.32 Å². The van der Waals surface area contributed by atoms with E-state index in [0.29, 0.717) is 0 Å². The minimum absolute atomic E-state index is 0.0456. The number of hydrogen-bond donors (Lipinski definition) is 1. The van der Waals surface area contributed by atoms with Crippen LogP contribution in [0.1, 0.15) is 36.6 Å². The molecule has 0 aliphatic carbocycles. The van der Waals surface area contributed by atoms with Crippen LogP contribution in [0.4, 0.5) is 0 Å². The first-order valence-corrected chi connectivity index (χ1v) is 8.26. The van der Waals surface area contributed by atoms with Crippen molar-refractivity contribution in [3.05, 3.63) is 34.9 Å². The van der Waals surface area contributed by atoms with Crippen LogP contribution < -0.4 is 5.32 Å². The molecule has 18 heavy (non-hydrogen) atoms. The Labute approximate surface area is 111 Å². The molecule has 0 aromatic heterocycles. The molecule has 4 heteroatoms. The molecular formula is C14H23NO2S. The molecule has 0 bridgehead atoms. The molecule has 1 aromatic carbocycles. The molecule has 1 aromatic rings. The van der Waals surface area contributed by atoms with Gasteiger partial charge in [0.2, 0.25) is 0 Å². The monoisotopic (exact) mass is 269 g/mol. The average Bonchev–Trinajstić information content (AvgIpc) is 2.13. The summed E-state index contributed by atoms with van der Waals surface area (Å²) in [4.78, 5) is 0. The molecule has 0 radical (unpaired) electrons. The third-order valence-corrected chi connectivity index (χ3v) is 4.08.